The lowest BCUT2D eigenvalue weighted by Gasteiger charge is -2.05. The van der Waals surface area contributed by atoms with E-state index in [0.717, 1.165) is 23.3 Å². The van der Waals surface area contributed by atoms with E-state index in [1.54, 1.807) is 28.9 Å². The highest BCUT2D eigenvalue weighted by Crippen LogP contribution is 2.13. The Morgan fingerprint density at radius 2 is 2.05 bits per heavy atom. The van der Waals surface area contributed by atoms with Gasteiger partial charge in [-0.15, -0.1) is 0 Å². The van der Waals surface area contributed by atoms with E-state index in [1.165, 1.54) is 0 Å². The fourth-order valence-corrected chi connectivity index (χ4v) is 1.77. The van der Waals surface area contributed by atoms with Crippen molar-refractivity contribution < 1.29 is 14.6 Å². The first kappa shape index (κ1) is 13.1. The van der Waals surface area contributed by atoms with Crippen LogP contribution in [0.1, 0.15) is 11.1 Å². The molecule has 2 rings (SSSR count). The number of nitrogens with zero attached hydrogens (tertiary/aromatic N) is 2. The summed E-state index contributed by atoms with van der Waals surface area (Å²) in [6, 6.07) is 7.13. The van der Waals surface area contributed by atoms with Gasteiger partial charge in [-0.1, -0.05) is 12.1 Å². The summed E-state index contributed by atoms with van der Waals surface area (Å²) >= 11 is 0. The Bertz CT molecular complexity index is 546. The zero-order valence-electron chi connectivity index (χ0n) is 10.7. The Labute approximate surface area is 111 Å². The Morgan fingerprint density at radius 1 is 1.32 bits per heavy atom. The van der Waals surface area contributed by atoms with Gasteiger partial charge in [-0.05, 0) is 23.3 Å². The van der Waals surface area contributed by atoms with Crippen molar-refractivity contribution in [1.82, 2.24) is 9.78 Å². The SMILES string of the molecule is Cn1cc(CCOc2ccc(CC(=O)O)cc2)cn1. The van der Waals surface area contributed by atoms with Crippen LogP contribution in [0.4, 0.5) is 0 Å². The molecule has 0 radical (unpaired) electrons. The minimum atomic E-state index is -0.828. The van der Waals surface area contributed by atoms with Crippen LogP contribution in [0.15, 0.2) is 36.7 Å². The topological polar surface area (TPSA) is 64.3 Å². The summed E-state index contributed by atoms with van der Waals surface area (Å²) in [5, 5.41) is 12.8. The largest absolute Gasteiger partial charge is 0.493 e. The number of hydrogen-bond donors (Lipinski definition) is 1. The summed E-state index contributed by atoms with van der Waals surface area (Å²) in [7, 11) is 1.88. The number of hydrogen-bond acceptors (Lipinski definition) is 3. The van der Waals surface area contributed by atoms with Gasteiger partial charge in [0.05, 0.1) is 19.2 Å². The van der Waals surface area contributed by atoms with E-state index in [-0.39, 0.29) is 6.42 Å². The average molecular weight is 260 g/mol. The number of carboxylic acid groups (broad SMARTS) is 1. The van der Waals surface area contributed by atoms with Crippen LogP contribution < -0.4 is 4.74 Å². The van der Waals surface area contributed by atoms with Crippen LogP contribution in [0, 0.1) is 0 Å². The van der Waals surface area contributed by atoms with Crippen LogP contribution in [0.3, 0.4) is 0 Å². The second-order valence-electron chi connectivity index (χ2n) is 4.34. The lowest BCUT2D eigenvalue weighted by atomic mass is 10.1. The highest BCUT2D eigenvalue weighted by Gasteiger charge is 2.01. The van der Waals surface area contributed by atoms with E-state index < -0.39 is 5.97 Å². The third-order valence-corrected chi connectivity index (χ3v) is 2.70. The first-order valence-corrected chi connectivity index (χ1v) is 6.04. The Hall–Kier alpha value is -2.30. The molecule has 0 bridgehead atoms. The summed E-state index contributed by atoms with van der Waals surface area (Å²) in [5.74, 6) is -0.0803. The first-order chi connectivity index (χ1) is 9.13. The number of carbonyl (C=O) groups is 1. The van der Waals surface area contributed by atoms with Crippen molar-refractivity contribution in [2.75, 3.05) is 6.61 Å². The predicted molar refractivity (Wildman–Crippen MR) is 70.2 cm³/mol. The van der Waals surface area contributed by atoms with Gasteiger partial charge in [-0.25, -0.2) is 0 Å². The van der Waals surface area contributed by atoms with Gasteiger partial charge in [0.1, 0.15) is 5.75 Å². The lowest BCUT2D eigenvalue weighted by Crippen LogP contribution is -2.02. The molecular formula is C14H16N2O3. The van der Waals surface area contributed by atoms with E-state index in [9.17, 15) is 4.79 Å². The third kappa shape index (κ3) is 4.13. The molecule has 0 aliphatic heterocycles. The summed E-state index contributed by atoms with van der Waals surface area (Å²) in [5.41, 5.74) is 1.90. The standard InChI is InChI=1S/C14H16N2O3/c1-16-10-12(9-15-16)6-7-19-13-4-2-11(3-5-13)8-14(17)18/h2-5,9-10H,6-8H2,1H3,(H,17,18). The number of rotatable bonds is 6. The highest BCUT2D eigenvalue weighted by atomic mass is 16.5. The third-order valence-electron chi connectivity index (χ3n) is 2.70. The van der Waals surface area contributed by atoms with Gasteiger partial charge in [-0.3, -0.25) is 9.48 Å². The number of aliphatic carboxylic acids is 1. The predicted octanol–water partition coefficient (Wildman–Crippen LogP) is 1.67. The summed E-state index contributed by atoms with van der Waals surface area (Å²) in [4.78, 5) is 10.5. The van der Waals surface area contributed by atoms with Crippen molar-refractivity contribution >= 4 is 5.97 Å². The molecule has 1 heterocycles. The van der Waals surface area contributed by atoms with Gasteiger partial charge in [0.15, 0.2) is 0 Å². The second kappa shape index (κ2) is 6.04. The molecule has 5 heteroatoms. The molecule has 0 amide bonds. The molecule has 5 nitrogen and oxygen atoms in total. The number of carboxylic acids is 1. The maximum Gasteiger partial charge on any atom is 0.307 e. The second-order valence-corrected chi connectivity index (χ2v) is 4.34. The Balaban J connectivity index is 1.81. The van der Waals surface area contributed by atoms with Crippen molar-refractivity contribution in [3.05, 3.63) is 47.8 Å². The molecule has 1 N–H and O–H groups in total. The fourth-order valence-electron chi connectivity index (χ4n) is 1.77. The molecule has 100 valence electrons. The molecule has 0 atom stereocenters. The van der Waals surface area contributed by atoms with E-state index >= 15 is 0 Å². The smallest absolute Gasteiger partial charge is 0.307 e. The van der Waals surface area contributed by atoms with Crippen molar-refractivity contribution in [3.63, 3.8) is 0 Å². The van der Waals surface area contributed by atoms with Crippen LogP contribution in [0.25, 0.3) is 0 Å². The molecule has 0 fully saturated rings. The normalized spacial score (nSPS) is 10.4. The van der Waals surface area contributed by atoms with Crippen LogP contribution in [-0.2, 0) is 24.7 Å². The molecule has 0 spiro atoms. The maximum absolute atomic E-state index is 10.5. The number of ether oxygens (including phenoxy) is 1. The zero-order valence-corrected chi connectivity index (χ0v) is 10.7. The maximum atomic E-state index is 10.5. The molecule has 0 unspecified atom stereocenters. The van der Waals surface area contributed by atoms with Crippen LogP contribution in [0.2, 0.25) is 0 Å². The van der Waals surface area contributed by atoms with Crippen LogP contribution in [-0.4, -0.2) is 27.5 Å². The minimum absolute atomic E-state index is 0.0377. The molecule has 0 saturated carbocycles. The van der Waals surface area contributed by atoms with Crippen LogP contribution in [0.5, 0.6) is 5.75 Å². The molecular weight excluding hydrogens is 244 g/mol. The highest BCUT2D eigenvalue weighted by molar-refractivity contribution is 5.70. The number of aryl methyl sites for hydroxylation is 1. The summed E-state index contributed by atoms with van der Waals surface area (Å²) in [6.45, 7) is 0.573. The lowest BCUT2D eigenvalue weighted by molar-refractivity contribution is -0.136. The van der Waals surface area contributed by atoms with E-state index in [1.807, 2.05) is 19.4 Å². The van der Waals surface area contributed by atoms with Gasteiger partial charge in [0.2, 0.25) is 0 Å². The summed E-state index contributed by atoms with van der Waals surface area (Å²) in [6.07, 6.45) is 4.61. The quantitative estimate of drug-likeness (QED) is 0.858. The van der Waals surface area contributed by atoms with Gasteiger partial charge < -0.3 is 9.84 Å². The fraction of sp³-hybridized carbons (Fsp3) is 0.286. The van der Waals surface area contributed by atoms with Crippen molar-refractivity contribution in [1.29, 1.82) is 0 Å². The van der Waals surface area contributed by atoms with Gasteiger partial charge in [0.25, 0.3) is 0 Å². The molecule has 1 aromatic carbocycles. The molecule has 19 heavy (non-hydrogen) atoms. The van der Waals surface area contributed by atoms with E-state index in [0.29, 0.717) is 6.61 Å². The van der Waals surface area contributed by atoms with Crippen molar-refractivity contribution in [3.8, 4) is 5.75 Å². The molecule has 1 aromatic heterocycles. The van der Waals surface area contributed by atoms with Crippen LogP contribution >= 0.6 is 0 Å². The van der Waals surface area contributed by atoms with Gasteiger partial charge in [-0.2, -0.15) is 5.10 Å². The molecule has 0 aliphatic rings. The number of benzene rings is 1. The monoisotopic (exact) mass is 260 g/mol. The summed E-state index contributed by atoms with van der Waals surface area (Å²) < 4.78 is 7.35. The molecule has 0 saturated heterocycles. The first-order valence-electron chi connectivity index (χ1n) is 6.04. The molecule has 0 aliphatic carbocycles. The number of aromatic nitrogens is 2. The van der Waals surface area contributed by atoms with Gasteiger partial charge >= 0.3 is 5.97 Å². The average Bonchev–Trinajstić information content (AvgIpc) is 2.77. The van der Waals surface area contributed by atoms with E-state index in [2.05, 4.69) is 5.10 Å². The van der Waals surface area contributed by atoms with E-state index in [4.69, 9.17) is 9.84 Å². The Morgan fingerprint density at radius 3 is 2.63 bits per heavy atom. The minimum Gasteiger partial charge on any atom is -0.493 e. The van der Waals surface area contributed by atoms with Crippen molar-refractivity contribution in [2.24, 2.45) is 7.05 Å². The molecule has 2 aromatic rings. The Kier molecular flexibility index (Phi) is 4.18. The van der Waals surface area contributed by atoms with Crippen molar-refractivity contribution in [2.45, 2.75) is 12.8 Å². The van der Waals surface area contributed by atoms with Gasteiger partial charge in [0, 0.05) is 19.7 Å². The zero-order chi connectivity index (χ0) is 13.7.